The molecular weight excluding hydrogens is 781 g/mol. The van der Waals surface area contributed by atoms with Crippen LogP contribution in [0.2, 0.25) is 0 Å². The van der Waals surface area contributed by atoms with Crippen LogP contribution in [0.4, 0.5) is 39.5 Å². The average molecular weight is 823 g/mol. The predicted molar refractivity (Wildman–Crippen MR) is 164 cm³/mol. The molecule has 296 valence electrons. The Kier molecular flexibility index (Phi) is 35.0. The largest absolute Gasteiger partial charge is 1.00 e. The van der Waals surface area contributed by atoms with Crippen LogP contribution in [0.5, 0.6) is 0 Å². The molecule has 0 amide bonds. The number of hydrogen-bond acceptors (Lipinski definition) is 8. The molecule has 0 saturated carbocycles. The molecular formula is C31H41F9Na2O10S. The average Bonchev–Trinajstić information content (AvgIpc) is 2.96. The van der Waals surface area contributed by atoms with Gasteiger partial charge in [0, 0.05) is 34.7 Å². The topological polar surface area (TPSA) is 188 Å². The Balaban J connectivity index is -0.000000137. The van der Waals surface area contributed by atoms with Gasteiger partial charge in [0.25, 0.3) is 10.1 Å². The number of allylic oxidation sites excluding steroid dienone is 1. The summed E-state index contributed by atoms with van der Waals surface area (Å²) in [6, 6.07) is 6.62. The first kappa shape index (κ1) is 63.0. The van der Waals surface area contributed by atoms with Crippen molar-refractivity contribution < 1.29 is 146 Å². The molecule has 0 aromatic heterocycles. The van der Waals surface area contributed by atoms with Crippen molar-refractivity contribution in [1.29, 1.82) is 0 Å². The van der Waals surface area contributed by atoms with Gasteiger partial charge in [0.05, 0.1) is 17.4 Å². The van der Waals surface area contributed by atoms with Crippen molar-refractivity contribution in [3.63, 3.8) is 0 Å². The van der Waals surface area contributed by atoms with E-state index in [9.17, 15) is 67.4 Å². The number of aliphatic carboxylic acids is 3. The van der Waals surface area contributed by atoms with E-state index in [1.165, 1.54) is 0 Å². The molecule has 22 heteroatoms. The van der Waals surface area contributed by atoms with Crippen LogP contribution in [-0.2, 0) is 28.7 Å². The molecule has 0 heterocycles. The third-order valence-corrected chi connectivity index (χ3v) is 7.17. The summed E-state index contributed by atoms with van der Waals surface area (Å²) >= 11 is 0. The number of halogens is 9. The molecule has 0 spiro atoms. The Hall–Kier alpha value is -1.91. The van der Waals surface area contributed by atoms with Crippen LogP contribution in [-0.4, -0.2) is 67.2 Å². The van der Waals surface area contributed by atoms with Crippen molar-refractivity contribution in [2.24, 2.45) is 11.8 Å². The van der Waals surface area contributed by atoms with E-state index in [1.807, 2.05) is 13.8 Å². The minimum Gasteiger partial charge on any atom is -0.870 e. The van der Waals surface area contributed by atoms with Crippen molar-refractivity contribution in [2.75, 3.05) is 6.61 Å². The van der Waals surface area contributed by atoms with E-state index >= 15 is 0 Å². The normalized spacial score (nSPS) is 12.4. The summed E-state index contributed by atoms with van der Waals surface area (Å²) in [5.41, 5.74) is -2.50. The van der Waals surface area contributed by atoms with E-state index in [0.717, 1.165) is 5.56 Å². The van der Waals surface area contributed by atoms with Crippen molar-refractivity contribution in [2.45, 2.75) is 90.1 Å². The van der Waals surface area contributed by atoms with Crippen LogP contribution in [0.25, 0.3) is 0 Å². The second-order valence-corrected chi connectivity index (χ2v) is 11.8. The number of carbonyl (C=O) groups is 3. The number of hydrogen-bond donors (Lipinski definition) is 2. The van der Waals surface area contributed by atoms with Gasteiger partial charge in [-0.1, -0.05) is 64.5 Å². The van der Waals surface area contributed by atoms with E-state index in [1.54, 1.807) is 38.1 Å². The van der Waals surface area contributed by atoms with E-state index in [2.05, 4.69) is 13.2 Å². The summed E-state index contributed by atoms with van der Waals surface area (Å²) in [6.45, 7) is 13.4. The summed E-state index contributed by atoms with van der Waals surface area (Å²) in [5.74, 6) is -7.90. The Labute approximate surface area is 346 Å². The molecule has 1 aromatic rings. The van der Waals surface area contributed by atoms with Crippen LogP contribution in [0.3, 0.4) is 0 Å². The molecule has 2 atom stereocenters. The first-order valence-corrected chi connectivity index (χ1v) is 15.8. The van der Waals surface area contributed by atoms with Crippen molar-refractivity contribution in [3.05, 3.63) is 65.8 Å². The summed E-state index contributed by atoms with van der Waals surface area (Å²) < 4.78 is 134. The number of benzene rings is 1. The van der Waals surface area contributed by atoms with E-state index in [-0.39, 0.29) is 95.0 Å². The molecule has 10 nitrogen and oxygen atoms in total. The van der Waals surface area contributed by atoms with Gasteiger partial charge < -0.3 is 25.6 Å². The molecule has 3 N–H and O–H groups in total. The number of carboxylic acid groups (broad SMARTS) is 3. The molecule has 0 aliphatic heterocycles. The minimum absolute atomic E-state index is 0. The predicted octanol–water partition coefficient (Wildman–Crippen LogP) is 1.40. The zero-order valence-electron chi connectivity index (χ0n) is 30.2. The van der Waals surface area contributed by atoms with Crippen LogP contribution in [0.1, 0.15) is 65.4 Å². The number of aryl methyl sites for hydroxylation is 1. The molecule has 53 heavy (non-hydrogen) atoms. The standard InChI is InChI=1S/C10H14O3S.2C8H11F3O2.C5H5F3O2.2Na.H2O/c1-3-8-13-14(11,12)10-6-4-9(2)5-7-10;2*1-3-4-6(7(12)13)5(2)8(9,10)11;1-3(2-4(9)10)5(6,7)8;;;/h4-7H,3,8H2,1-2H3;2*6H,2-4H2,1H3,(H,12,13);2H,1H3,(H,9,10);;;1H2/q;;;;2*+1;/p-2/b;;;3-2-;;;. The maximum Gasteiger partial charge on any atom is 1.00 e. The Bertz CT molecular complexity index is 1350. The van der Waals surface area contributed by atoms with Gasteiger partial charge in [-0.3, -0.25) is 8.98 Å². The van der Waals surface area contributed by atoms with Crippen molar-refractivity contribution in [1.82, 2.24) is 0 Å². The molecule has 1 rings (SSSR count). The van der Waals surface area contributed by atoms with Gasteiger partial charge in [0.15, 0.2) is 0 Å². The fourth-order valence-electron chi connectivity index (χ4n) is 3.09. The second-order valence-electron chi connectivity index (χ2n) is 10.1. The summed E-state index contributed by atoms with van der Waals surface area (Å²) in [7, 11) is -3.54. The zero-order chi connectivity index (χ0) is 40.3. The summed E-state index contributed by atoms with van der Waals surface area (Å²) in [4.78, 5) is 30.6. The second kappa shape index (κ2) is 29.4. The SMILES string of the molecule is C/C(=C/C(=O)O)C(F)(F)F.C=C(C(CCC)C(=O)O)C(F)(F)F.C=C(C(CCC)C(=O)[O-])C(F)(F)F.CCCOS(=O)(=O)c1ccc(C)cc1.[Na+].[Na+].[OH-]. The Morgan fingerprint density at radius 3 is 1.43 bits per heavy atom. The van der Waals surface area contributed by atoms with Crippen LogP contribution in [0, 0.1) is 18.8 Å². The van der Waals surface area contributed by atoms with Crippen molar-refractivity contribution in [3.8, 4) is 0 Å². The molecule has 0 saturated heterocycles. The molecule has 0 bridgehead atoms. The van der Waals surface area contributed by atoms with Gasteiger partial charge in [-0.25, -0.2) is 4.79 Å². The molecule has 0 radical (unpaired) electrons. The fourth-order valence-corrected chi connectivity index (χ4v) is 4.08. The fraction of sp³-hybridized carbons (Fsp3) is 0.516. The molecule has 1 aromatic carbocycles. The maximum absolute atomic E-state index is 12.0. The third kappa shape index (κ3) is 29.1. The number of alkyl halides is 9. The minimum atomic E-state index is -4.65. The van der Waals surface area contributed by atoms with Gasteiger partial charge in [-0.15, -0.1) is 0 Å². The monoisotopic (exact) mass is 822 g/mol. The van der Waals surface area contributed by atoms with Gasteiger partial charge >= 0.3 is 89.6 Å². The summed E-state index contributed by atoms with van der Waals surface area (Å²) in [6.07, 6.45) is -12.4. The first-order valence-electron chi connectivity index (χ1n) is 14.4. The molecule has 2 unspecified atom stereocenters. The Morgan fingerprint density at radius 1 is 0.792 bits per heavy atom. The van der Waals surface area contributed by atoms with Gasteiger partial charge in [0.2, 0.25) is 0 Å². The number of carboxylic acids is 3. The van der Waals surface area contributed by atoms with E-state index in [0.29, 0.717) is 26.2 Å². The molecule has 0 fully saturated rings. The number of rotatable bonds is 13. The first-order chi connectivity index (χ1) is 22.5. The van der Waals surface area contributed by atoms with Crippen LogP contribution in [0.15, 0.2) is 65.1 Å². The maximum atomic E-state index is 12.0. The van der Waals surface area contributed by atoms with Crippen LogP contribution < -0.4 is 64.2 Å². The van der Waals surface area contributed by atoms with E-state index in [4.69, 9.17) is 14.4 Å². The smallest absolute Gasteiger partial charge is 0.870 e. The van der Waals surface area contributed by atoms with Gasteiger partial charge in [-0.2, -0.15) is 47.9 Å². The third-order valence-electron chi connectivity index (χ3n) is 5.85. The Morgan fingerprint density at radius 2 is 1.17 bits per heavy atom. The zero-order valence-corrected chi connectivity index (χ0v) is 35.0. The molecule has 0 aliphatic carbocycles. The number of carbonyl (C=O) groups excluding carboxylic acids is 1. The quantitative estimate of drug-likeness (QED) is 0.0969. The van der Waals surface area contributed by atoms with Gasteiger partial charge in [-0.05, 0) is 45.2 Å². The summed E-state index contributed by atoms with van der Waals surface area (Å²) in [5, 5.41) is 26.7. The molecule has 0 aliphatic rings. The van der Waals surface area contributed by atoms with Crippen LogP contribution >= 0.6 is 0 Å². The van der Waals surface area contributed by atoms with E-state index < -0.39 is 75.1 Å². The van der Waals surface area contributed by atoms with Gasteiger partial charge in [0.1, 0.15) is 0 Å². The van der Waals surface area contributed by atoms with Crippen molar-refractivity contribution >= 4 is 28.0 Å².